The third-order valence-corrected chi connectivity index (χ3v) is 7.36. The van der Waals surface area contributed by atoms with Crippen LogP contribution in [0.15, 0.2) is 36.4 Å². The number of hydrogen-bond acceptors (Lipinski definition) is 2. The summed E-state index contributed by atoms with van der Waals surface area (Å²) >= 11 is 0. The lowest BCUT2D eigenvalue weighted by molar-refractivity contribution is 0.455. The van der Waals surface area contributed by atoms with Crippen molar-refractivity contribution in [2.75, 3.05) is 0 Å². The van der Waals surface area contributed by atoms with Gasteiger partial charge < -0.3 is 10.2 Å². The number of aromatic hydroxyl groups is 2. The molecule has 190 valence electrons. The second-order valence-corrected chi connectivity index (χ2v) is 10.3. The number of phenols is 2. The predicted octanol–water partition coefficient (Wildman–Crippen LogP) is 10.1. The number of phenolic OH excluding ortho intramolecular Hbond substituents is 2. The summed E-state index contributed by atoms with van der Waals surface area (Å²) in [7, 11) is 0. The quantitative estimate of drug-likeness (QED) is 0.214. The van der Waals surface area contributed by atoms with E-state index in [1.165, 1.54) is 95.5 Å². The number of para-hydroxylation sites is 1. The maximum atomic E-state index is 10.7. The molecule has 0 heterocycles. The minimum atomic E-state index is 0.168. The van der Waals surface area contributed by atoms with E-state index in [1.807, 2.05) is 32.0 Å². The lowest BCUT2D eigenvalue weighted by Gasteiger charge is -2.21. The summed E-state index contributed by atoms with van der Waals surface area (Å²) in [4.78, 5) is 0. The maximum absolute atomic E-state index is 10.7. The normalized spacial score (nSPS) is 12.2. The van der Waals surface area contributed by atoms with Gasteiger partial charge in [-0.15, -0.1) is 0 Å². The van der Waals surface area contributed by atoms with E-state index in [1.54, 1.807) is 6.07 Å². The fourth-order valence-corrected chi connectivity index (χ4v) is 5.08. The monoisotopic (exact) mass is 466 g/mol. The van der Waals surface area contributed by atoms with Crippen molar-refractivity contribution in [2.45, 2.75) is 129 Å². The molecule has 0 aromatic heterocycles. The average molecular weight is 467 g/mol. The van der Waals surface area contributed by atoms with Crippen molar-refractivity contribution in [3.8, 4) is 11.5 Å². The first-order chi connectivity index (χ1) is 16.5. The van der Waals surface area contributed by atoms with E-state index in [9.17, 15) is 10.2 Å². The van der Waals surface area contributed by atoms with Gasteiger partial charge in [0.2, 0.25) is 0 Å². The topological polar surface area (TPSA) is 40.5 Å². The predicted molar refractivity (Wildman–Crippen MR) is 147 cm³/mol. The molecule has 2 aromatic rings. The van der Waals surface area contributed by atoms with Gasteiger partial charge in [-0.05, 0) is 43.0 Å². The van der Waals surface area contributed by atoms with Crippen LogP contribution < -0.4 is 0 Å². The van der Waals surface area contributed by atoms with Gasteiger partial charge in [-0.2, -0.15) is 0 Å². The van der Waals surface area contributed by atoms with E-state index in [2.05, 4.69) is 19.1 Å². The Morgan fingerprint density at radius 1 is 0.618 bits per heavy atom. The fraction of sp³-hybridized carbons (Fsp3) is 0.625. The van der Waals surface area contributed by atoms with Crippen molar-refractivity contribution in [1.82, 2.24) is 0 Å². The zero-order valence-corrected chi connectivity index (χ0v) is 22.2. The van der Waals surface area contributed by atoms with Crippen molar-refractivity contribution in [1.29, 1.82) is 0 Å². The zero-order chi connectivity index (χ0) is 24.6. The number of aryl methyl sites for hydroxylation is 2. The first-order valence-electron chi connectivity index (χ1n) is 14.1. The van der Waals surface area contributed by atoms with E-state index >= 15 is 0 Å². The standard InChI is InChI=1S/C32H50O2/c1-4-5-6-7-8-9-10-11-12-13-14-15-16-17-18-21-29(28-23-24-31(33)27(3)25-28)30-22-19-20-26(2)32(30)34/h19-20,22-25,29,33-34H,4-18,21H2,1-3H3. The molecule has 0 amide bonds. The van der Waals surface area contributed by atoms with Gasteiger partial charge in [-0.1, -0.05) is 134 Å². The molecule has 34 heavy (non-hydrogen) atoms. The highest BCUT2D eigenvalue weighted by atomic mass is 16.3. The highest BCUT2D eigenvalue weighted by Gasteiger charge is 2.19. The number of hydrogen-bond donors (Lipinski definition) is 2. The largest absolute Gasteiger partial charge is 0.508 e. The van der Waals surface area contributed by atoms with Crippen LogP contribution in [0.4, 0.5) is 0 Å². The minimum absolute atomic E-state index is 0.168. The second-order valence-electron chi connectivity index (χ2n) is 10.3. The first-order valence-corrected chi connectivity index (χ1v) is 14.1. The van der Waals surface area contributed by atoms with Crippen LogP contribution >= 0.6 is 0 Å². The average Bonchev–Trinajstić information content (AvgIpc) is 2.83. The molecule has 0 aliphatic rings. The molecule has 0 bridgehead atoms. The summed E-state index contributed by atoms with van der Waals surface area (Å²) in [5.74, 6) is 0.920. The van der Waals surface area contributed by atoms with Crippen molar-refractivity contribution in [3.63, 3.8) is 0 Å². The van der Waals surface area contributed by atoms with Crippen LogP contribution in [0.5, 0.6) is 11.5 Å². The number of rotatable bonds is 18. The van der Waals surface area contributed by atoms with Gasteiger partial charge in [0.25, 0.3) is 0 Å². The second kappa shape index (κ2) is 16.6. The Bertz CT molecular complexity index is 811. The van der Waals surface area contributed by atoms with E-state index < -0.39 is 0 Å². The smallest absolute Gasteiger partial charge is 0.122 e. The van der Waals surface area contributed by atoms with E-state index in [4.69, 9.17) is 0 Å². The third kappa shape index (κ3) is 10.1. The van der Waals surface area contributed by atoms with Gasteiger partial charge in [0.05, 0.1) is 0 Å². The highest BCUT2D eigenvalue weighted by molar-refractivity contribution is 5.47. The molecule has 0 saturated heterocycles. The molecule has 0 radical (unpaired) electrons. The van der Waals surface area contributed by atoms with E-state index in [0.29, 0.717) is 11.5 Å². The van der Waals surface area contributed by atoms with Crippen LogP contribution in [0.25, 0.3) is 0 Å². The van der Waals surface area contributed by atoms with Gasteiger partial charge in [-0.3, -0.25) is 0 Å². The van der Waals surface area contributed by atoms with Gasteiger partial charge in [0.1, 0.15) is 11.5 Å². The summed E-state index contributed by atoms with van der Waals surface area (Å²) in [5, 5.41) is 20.7. The van der Waals surface area contributed by atoms with E-state index in [-0.39, 0.29) is 5.92 Å². The van der Waals surface area contributed by atoms with Gasteiger partial charge >= 0.3 is 0 Å². The molecule has 2 rings (SSSR count). The Morgan fingerprint density at radius 2 is 1.15 bits per heavy atom. The summed E-state index contributed by atoms with van der Waals surface area (Å²) in [6.07, 6.45) is 21.6. The van der Waals surface area contributed by atoms with Gasteiger partial charge in [0, 0.05) is 11.5 Å². The Labute approximate surface area is 209 Å². The lowest BCUT2D eigenvalue weighted by Crippen LogP contribution is -2.03. The SMILES string of the molecule is CCCCCCCCCCCCCCCCCC(c1ccc(O)c(C)c1)c1cccc(C)c1O. The molecule has 2 heteroatoms. The number of benzene rings is 2. The molecule has 2 nitrogen and oxygen atoms in total. The minimum Gasteiger partial charge on any atom is -0.508 e. The van der Waals surface area contributed by atoms with Crippen LogP contribution in [0, 0.1) is 13.8 Å². The van der Waals surface area contributed by atoms with E-state index in [0.717, 1.165) is 29.5 Å². The zero-order valence-electron chi connectivity index (χ0n) is 22.2. The molecule has 1 atom stereocenters. The van der Waals surface area contributed by atoms with Crippen LogP contribution in [0.3, 0.4) is 0 Å². The third-order valence-electron chi connectivity index (χ3n) is 7.36. The van der Waals surface area contributed by atoms with Crippen molar-refractivity contribution in [2.24, 2.45) is 0 Å². The molecular formula is C32H50O2. The Kier molecular flexibility index (Phi) is 13.8. The lowest BCUT2D eigenvalue weighted by atomic mass is 9.84. The summed E-state index contributed by atoms with van der Waals surface area (Å²) in [5.41, 5.74) is 4.01. The number of unbranched alkanes of at least 4 members (excludes halogenated alkanes) is 14. The first kappa shape index (κ1) is 28.3. The van der Waals surface area contributed by atoms with Crippen LogP contribution in [0.2, 0.25) is 0 Å². The molecule has 2 aromatic carbocycles. The molecule has 0 aliphatic heterocycles. The molecule has 0 saturated carbocycles. The summed E-state index contributed by atoms with van der Waals surface area (Å²) in [6.45, 7) is 6.19. The van der Waals surface area contributed by atoms with Crippen LogP contribution in [-0.4, -0.2) is 10.2 Å². The Morgan fingerprint density at radius 3 is 1.68 bits per heavy atom. The fourth-order valence-electron chi connectivity index (χ4n) is 5.08. The van der Waals surface area contributed by atoms with Crippen molar-refractivity contribution in [3.05, 3.63) is 58.7 Å². The van der Waals surface area contributed by atoms with Crippen molar-refractivity contribution < 1.29 is 10.2 Å². The highest BCUT2D eigenvalue weighted by Crippen LogP contribution is 2.38. The summed E-state index contributed by atoms with van der Waals surface area (Å²) in [6, 6.07) is 11.9. The molecule has 2 N–H and O–H groups in total. The Hall–Kier alpha value is -1.96. The molecule has 1 unspecified atom stereocenters. The molecule has 0 spiro atoms. The van der Waals surface area contributed by atoms with Crippen LogP contribution in [-0.2, 0) is 0 Å². The molecular weight excluding hydrogens is 416 g/mol. The van der Waals surface area contributed by atoms with Gasteiger partial charge in [-0.25, -0.2) is 0 Å². The van der Waals surface area contributed by atoms with Gasteiger partial charge in [0.15, 0.2) is 0 Å². The van der Waals surface area contributed by atoms with Crippen LogP contribution in [0.1, 0.15) is 138 Å². The summed E-state index contributed by atoms with van der Waals surface area (Å²) < 4.78 is 0. The molecule has 0 aliphatic carbocycles. The molecule has 0 fully saturated rings. The Balaban J connectivity index is 1.67. The maximum Gasteiger partial charge on any atom is 0.122 e. The van der Waals surface area contributed by atoms with Crippen molar-refractivity contribution >= 4 is 0 Å².